The predicted molar refractivity (Wildman–Crippen MR) is 134 cm³/mol. The summed E-state index contributed by atoms with van der Waals surface area (Å²) in [6.07, 6.45) is 21.6. The van der Waals surface area contributed by atoms with Crippen LogP contribution in [0.25, 0.3) is 0 Å². The first-order valence-electron chi connectivity index (χ1n) is 12.7. The molecule has 1 heterocycles. The predicted octanol–water partition coefficient (Wildman–Crippen LogP) is 7.41. The molecule has 0 bridgehead atoms. The Morgan fingerprint density at radius 3 is 2.32 bits per heavy atom. The zero-order valence-electron chi connectivity index (χ0n) is 20.0. The van der Waals surface area contributed by atoms with Crippen LogP contribution in [0.2, 0.25) is 0 Å². The van der Waals surface area contributed by atoms with E-state index in [9.17, 15) is 0 Å². The van der Waals surface area contributed by atoms with Crippen LogP contribution in [0, 0.1) is 12.8 Å². The summed E-state index contributed by atoms with van der Waals surface area (Å²) in [4.78, 5) is 5.76. The van der Waals surface area contributed by atoms with E-state index in [4.69, 9.17) is 0 Å². The summed E-state index contributed by atoms with van der Waals surface area (Å²) in [6.45, 7) is 11.4. The molecule has 168 valence electrons. The van der Waals surface area contributed by atoms with Gasteiger partial charge in [0.25, 0.3) is 0 Å². The monoisotopic (exact) mass is 418 g/mol. The van der Waals surface area contributed by atoms with Gasteiger partial charge in [0.1, 0.15) is 0 Å². The van der Waals surface area contributed by atoms with E-state index in [1.807, 2.05) is 0 Å². The highest BCUT2D eigenvalue weighted by Crippen LogP contribution is 2.46. The fraction of sp³-hybridized carbons (Fsp3) is 0.586. The van der Waals surface area contributed by atoms with Crippen molar-refractivity contribution in [3.63, 3.8) is 0 Å². The second-order valence-corrected chi connectivity index (χ2v) is 10.0. The molecule has 2 heteroatoms. The van der Waals surface area contributed by atoms with E-state index in [0.29, 0.717) is 24.3 Å². The lowest BCUT2D eigenvalue weighted by Crippen LogP contribution is -2.51. The lowest BCUT2D eigenvalue weighted by Gasteiger charge is -2.43. The fourth-order valence-corrected chi connectivity index (χ4v) is 6.60. The maximum absolute atomic E-state index is 4.62. The number of benzene rings is 1. The van der Waals surface area contributed by atoms with Gasteiger partial charge in [-0.05, 0) is 69.6 Å². The highest BCUT2D eigenvalue weighted by atomic mass is 15.5. The fourth-order valence-electron chi connectivity index (χ4n) is 6.60. The molecule has 2 saturated carbocycles. The van der Waals surface area contributed by atoms with E-state index in [-0.39, 0.29) is 0 Å². The molecule has 1 aromatic carbocycles. The third-order valence-corrected chi connectivity index (χ3v) is 8.01. The summed E-state index contributed by atoms with van der Waals surface area (Å²) in [7, 11) is 0. The number of nitrogens with zero attached hydrogens (tertiary/aromatic N) is 2. The average molecular weight is 419 g/mol. The van der Waals surface area contributed by atoms with Crippen molar-refractivity contribution in [1.29, 1.82) is 0 Å². The molecule has 4 rings (SSSR count). The van der Waals surface area contributed by atoms with Gasteiger partial charge in [-0.2, -0.15) is 0 Å². The van der Waals surface area contributed by atoms with Gasteiger partial charge >= 0.3 is 0 Å². The van der Waals surface area contributed by atoms with Crippen LogP contribution in [0.15, 0.2) is 60.7 Å². The first-order chi connectivity index (χ1) is 15.1. The smallest absolute Gasteiger partial charge is 0.0861 e. The largest absolute Gasteiger partial charge is 0.351 e. The van der Waals surface area contributed by atoms with Crippen molar-refractivity contribution in [2.45, 2.75) is 103 Å². The Labute approximate surface area is 190 Å². The minimum atomic E-state index is 0.385. The van der Waals surface area contributed by atoms with E-state index in [1.54, 1.807) is 0 Å². The van der Waals surface area contributed by atoms with Gasteiger partial charge in [-0.1, -0.05) is 81.2 Å². The molecule has 2 aliphatic carbocycles. The normalized spacial score (nSPS) is 29.0. The van der Waals surface area contributed by atoms with E-state index < -0.39 is 0 Å². The maximum atomic E-state index is 4.62. The SMILES string of the molecule is C=C(/C=C\C=C/C)C1[C@H](C)N(c2ccccc2C)C(C2CCCCC2)N1C1CCCC1. The van der Waals surface area contributed by atoms with Crippen LogP contribution < -0.4 is 4.90 Å². The number of aryl methyl sites for hydroxylation is 1. The van der Waals surface area contributed by atoms with Crippen molar-refractivity contribution in [3.05, 3.63) is 66.3 Å². The molecule has 2 unspecified atom stereocenters. The molecular weight excluding hydrogens is 376 g/mol. The third-order valence-electron chi connectivity index (χ3n) is 8.01. The molecule has 3 aliphatic rings. The molecule has 31 heavy (non-hydrogen) atoms. The van der Waals surface area contributed by atoms with Crippen LogP contribution in [0.1, 0.15) is 77.2 Å². The Morgan fingerprint density at radius 1 is 0.968 bits per heavy atom. The summed E-state index contributed by atoms with van der Waals surface area (Å²) < 4.78 is 0. The zero-order valence-corrected chi connectivity index (χ0v) is 20.0. The van der Waals surface area contributed by atoms with Crippen molar-refractivity contribution in [3.8, 4) is 0 Å². The standard InChI is InChI=1S/C29H42N2/c1-5-6-8-16-23(3)28-24(4)30(27-21-14-11-15-22(27)2)29(25-17-9-7-10-18-25)31(28)26-19-12-13-20-26/h5-6,8,11,14-16,21,24-26,28-29H,3,7,9-10,12-13,17-20H2,1-2,4H3/b6-5-,16-8-/t24-,28?,29?/m0/s1. The quantitative estimate of drug-likeness (QED) is 0.444. The molecule has 3 atom stereocenters. The zero-order chi connectivity index (χ0) is 21.8. The van der Waals surface area contributed by atoms with Crippen LogP contribution >= 0.6 is 0 Å². The number of para-hydroxylation sites is 1. The molecule has 0 N–H and O–H groups in total. The van der Waals surface area contributed by atoms with Crippen molar-refractivity contribution < 1.29 is 0 Å². The summed E-state index contributed by atoms with van der Waals surface area (Å²) in [5.41, 5.74) is 4.10. The molecule has 1 aliphatic heterocycles. The van der Waals surface area contributed by atoms with Crippen LogP contribution in [-0.4, -0.2) is 29.2 Å². The van der Waals surface area contributed by atoms with Crippen LogP contribution in [0.4, 0.5) is 5.69 Å². The summed E-state index contributed by atoms with van der Waals surface area (Å²) in [5.74, 6) is 0.758. The Balaban J connectivity index is 1.78. The summed E-state index contributed by atoms with van der Waals surface area (Å²) in [5, 5.41) is 0. The van der Waals surface area contributed by atoms with E-state index in [1.165, 1.54) is 74.6 Å². The average Bonchev–Trinajstić information content (AvgIpc) is 3.41. The molecular formula is C29H42N2. The summed E-state index contributed by atoms with van der Waals surface area (Å²) >= 11 is 0. The number of rotatable bonds is 6. The highest BCUT2D eigenvalue weighted by Gasteiger charge is 2.51. The highest BCUT2D eigenvalue weighted by molar-refractivity contribution is 5.57. The minimum absolute atomic E-state index is 0.385. The maximum Gasteiger partial charge on any atom is 0.0861 e. The Kier molecular flexibility index (Phi) is 7.38. The lowest BCUT2D eigenvalue weighted by molar-refractivity contribution is 0.0918. The third kappa shape index (κ3) is 4.55. The Bertz CT molecular complexity index is 795. The van der Waals surface area contributed by atoms with Crippen molar-refractivity contribution in [2.24, 2.45) is 5.92 Å². The van der Waals surface area contributed by atoms with Crippen molar-refractivity contribution in [1.82, 2.24) is 4.90 Å². The first kappa shape index (κ1) is 22.4. The lowest BCUT2D eigenvalue weighted by atomic mass is 9.85. The van der Waals surface area contributed by atoms with Gasteiger partial charge < -0.3 is 4.90 Å². The van der Waals surface area contributed by atoms with Gasteiger partial charge in [0.2, 0.25) is 0 Å². The molecule has 0 radical (unpaired) electrons. The van der Waals surface area contributed by atoms with Gasteiger partial charge in [-0.3, -0.25) is 4.90 Å². The second-order valence-electron chi connectivity index (χ2n) is 10.0. The number of hydrogen-bond donors (Lipinski definition) is 0. The van der Waals surface area contributed by atoms with Crippen LogP contribution in [0.5, 0.6) is 0 Å². The minimum Gasteiger partial charge on any atom is -0.351 e. The van der Waals surface area contributed by atoms with Gasteiger partial charge in [-0.15, -0.1) is 0 Å². The molecule has 3 fully saturated rings. The molecule has 0 amide bonds. The van der Waals surface area contributed by atoms with E-state index in [0.717, 1.165) is 5.92 Å². The summed E-state index contributed by atoms with van der Waals surface area (Å²) in [6, 6.07) is 10.6. The van der Waals surface area contributed by atoms with Gasteiger partial charge in [0.15, 0.2) is 0 Å². The van der Waals surface area contributed by atoms with Gasteiger partial charge in [-0.25, -0.2) is 0 Å². The molecule has 2 nitrogen and oxygen atoms in total. The first-order valence-corrected chi connectivity index (χ1v) is 12.7. The number of anilines is 1. The molecule has 1 saturated heterocycles. The number of hydrogen-bond acceptors (Lipinski definition) is 2. The topological polar surface area (TPSA) is 6.48 Å². The molecule has 0 spiro atoms. The Morgan fingerprint density at radius 2 is 1.65 bits per heavy atom. The molecule has 0 aromatic heterocycles. The Hall–Kier alpha value is -1.80. The van der Waals surface area contributed by atoms with E-state index in [2.05, 4.69) is 85.7 Å². The van der Waals surface area contributed by atoms with Gasteiger partial charge in [0, 0.05) is 17.8 Å². The van der Waals surface area contributed by atoms with Crippen molar-refractivity contribution >= 4 is 5.69 Å². The van der Waals surface area contributed by atoms with E-state index >= 15 is 0 Å². The number of allylic oxidation sites excluding steroid dienone is 3. The van der Waals surface area contributed by atoms with Crippen LogP contribution in [-0.2, 0) is 0 Å². The van der Waals surface area contributed by atoms with Crippen molar-refractivity contribution in [2.75, 3.05) is 4.90 Å². The van der Waals surface area contributed by atoms with Crippen LogP contribution in [0.3, 0.4) is 0 Å². The molecule has 1 aromatic rings. The van der Waals surface area contributed by atoms with Gasteiger partial charge in [0.05, 0.1) is 12.2 Å². The second kappa shape index (κ2) is 10.2.